The number of amides is 1. The van der Waals surface area contributed by atoms with Crippen LogP contribution in [0.5, 0.6) is 0 Å². The van der Waals surface area contributed by atoms with Gasteiger partial charge in [-0.3, -0.25) is 9.48 Å². The molecule has 1 heterocycles. The van der Waals surface area contributed by atoms with Crippen LogP contribution in [0.1, 0.15) is 36.6 Å². The quantitative estimate of drug-likeness (QED) is 0.775. The fourth-order valence-corrected chi connectivity index (χ4v) is 2.42. The number of rotatable bonds is 4. The van der Waals surface area contributed by atoms with Crippen molar-refractivity contribution in [2.75, 3.05) is 0 Å². The molecule has 0 saturated heterocycles. The van der Waals surface area contributed by atoms with Crippen molar-refractivity contribution in [3.63, 3.8) is 0 Å². The van der Waals surface area contributed by atoms with Gasteiger partial charge in [0, 0.05) is 18.3 Å². The molecule has 2 rings (SSSR count). The number of carbonyl (C=O) groups is 1. The van der Waals surface area contributed by atoms with Gasteiger partial charge in [-0.15, -0.1) is 6.58 Å². The molecule has 18 heavy (non-hydrogen) atoms. The molecule has 0 bridgehead atoms. The molecule has 3 N–H and O–H groups in total. The highest BCUT2D eigenvalue weighted by atomic mass is 16.2. The first-order valence-electron chi connectivity index (χ1n) is 6.31. The number of fused-ring (bicyclic) bond motifs is 1. The Bertz CT molecular complexity index is 452. The average molecular weight is 248 g/mol. The van der Waals surface area contributed by atoms with Crippen LogP contribution in [0.25, 0.3) is 0 Å². The maximum absolute atomic E-state index is 11.9. The van der Waals surface area contributed by atoms with E-state index in [2.05, 4.69) is 17.0 Å². The number of aromatic nitrogens is 2. The molecule has 1 aromatic heterocycles. The van der Waals surface area contributed by atoms with Crippen LogP contribution < -0.4 is 11.1 Å². The Morgan fingerprint density at radius 1 is 1.83 bits per heavy atom. The highest BCUT2D eigenvalue weighted by Crippen LogP contribution is 2.29. The van der Waals surface area contributed by atoms with Crippen LogP contribution in [0.3, 0.4) is 0 Å². The summed E-state index contributed by atoms with van der Waals surface area (Å²) < 4.78 is 1.89. The standard InChI is InChI=1S/C13H20N4O/c1-3-5-10(14)13(18)16-11-6-4-7-12-9(11)8-15-17(12)2/h3,8,10-11H,1,4-7,14H2,2H3,(H,16,18). The molecule has 1 aliphatic carbocycles. The second-order valence-electron chi connectivity index (χ2n) is 4.75. The fraction of sp³-hybridized carbons (Fsp3) is 0.538. The highest BCUT2D eigenvalue weighted by molar-refractivity contribution is 5.82. The summed E-state index contributed by atoms with van der Waals surface area (Å²) in [5, 5.41) is 7.26. The Balaban J connectivity index is 2.07. The predicted molar refractivity (Wildman–Crippen MR) is 69.8 cm³/mol. The SMILES string of the molecule is C=CCC(N)C(=O)NC1CCCc2c1cnn2C. The number of hydrogen-bond donors (Lipinski definition) is 2. The van der Waals surface area contributed by atoms with Crippen LogP contribution in [-0.4, -0.2) is 21.7 Å². The van der Waals surface area contributed by atoms with Gasteiger partial charge in [0.25, 0.3) is 0 Å². The van der Waals surface area contributed by atoms with E-state index in [1.165, 1.54) is 5.69 Å². The third-order valence-electron chi connectivity index (χ3n) is 3.45. The largest absolute Gasteiger partial charge is 0.348 e. The molecular weight excluding hydrogens is 228 g/mol. The lowest BCUT2D eigenvalue weighted by molar-refractivity contribution is -0.123. The summed E-state index contributed by atoms with van der Waals surface area (Å²) >= 11 is 0. The lowest BCUT2D eigenvalue weighted by atomic mass is 9.92. The monoisotopic (exact) mass is 248 g/mol. The second-order valence-corrected chi connectivity index (χ2v) is 4.75. The Kier molecular flexibility index (Phi) is 3.81. The van der Waals surface area contributed by atoms with Crippen molar-refractivity contribution in [2.45, 2.75) is 37.8 Å². The number of carbonyl (C=O) groups excluding carboxylic acids is 1. The van der Waals surface area contributed by atoms with Crippen LogP contribution in [0.4, 0.5) is 0 Å². The van der Waals surface area contributed by atoms with Gasteiger partial charge >= 0.3 is 0 Å². The molecule has 0 aliphatic heterocycles. The molecule has 1 aliphatic rings. The zero-order valence-electron chi connectivity index (χ0n) is 10.7. The Labute approximate surface area is 107 Å². The van der Waals surface area contributed by atoms with Gasteiger partial charge in [-0.05, 0) is 25.7 Å². The van der Waals surface area contributed by atoms with Crippen molar-refractivity contribution in [1.82, 2.24) is 15.1 Å². The Morgan fingerprint density at radius 2 is 2.61 bits per heavy atom. The van der Waals surface area contributed by atoms with Crippen molar-refractivity contribution in [3.8, 4) is 0 Å². The maximum Gasteiger partial charge on any atom is 0.237 e. The molecule has 0 fully saturated rings. The van der Waals surface area contributed by atoms with Crippen LogP contribution >= 0.6 is 0 Å². The lowest BCUT2D eigenvalue weighted by Gasteiger charge is -2.25. The minimum absolute atomic E-state index is 0.0471. The second kappa shape index (κ2) is 5.35. The first kappa shape index (κ1) is 12.8. The van der Waals surface area contributed by atoms with Crippen molar-refractivity contribution < 1.29 is 4.79 Å². The first-order valence-corrected chi connectivity index (χ1v) is 6.31. The number of nitrogens with two attached hydrogens (primary N) is 1. The zero-order chi connectivity index (χ0) is 13.1. The average Bonchev–Trinajstić information content (AvgIpc) is 2.73. The van der Waals surface area contributed by atoms with Gasteiger partial charge in [-0.25, -0.2) is 0 Å². The van der Waals surface area contributed by atoms with E-state index in [-0.39, 0.29) is 11.9 Å². The van der Waals surface area contributed by atoms with Gasteiger partial charge in [-0.1, -0.05) is 6.08 Å². The van der Waals surface area contributed by atoms with Crippen molar-refractivity contribution in [3.05, 3.63) is 30.1 Å². The Hall–Kier alpha value is -1.62. The topological polar surface area (TPSA) is 72.9 Å². The number of hydrogen-bond acceptors (Lipinski definition) is 3. The van der Waals surface area contributed by atoms with Crippen LogP contribution in [-0.2, 0) is 18.3 Å². The molecule has 0 aromatic carbocycles. The molecule has 98 valence electrons. The molecule has 2 unspecified atom stereocenters. The molecule has 2 atom stereocenters. The van der Waals surface area contributed by atoms with E-state index in [4.69, 9.17) is 5.73 Å². The van der Waals surface area contributed by atoms with Crippen LogP contribution in [0.15, 0.2) is 18.9 Å². The minimum atomic E-state index is -0.510. The molecule has 1 aromatic rings. The van der Waals surface area contributed by atoms with Gasteiger partial charge in [0.2, 0.25) is 5.91 Å². The van der Waals surface area contributed by atoms with Gasteiger partial charge in [0.15, 0.2) is 0 Å². The van der Waals surface area contributed by atoms with E-state index in [0.717, 1.165) is 24.8 Å². The van der Waals surface area contributed by atoms with Gasteiger partial charge < -0.3 is 11.1 Å². The van der Waals surface area contributed by atoms with E-state index >= 15 is 0 Å². The van der Waals surface area contributed by atoms with Gasteiger partial charge in [-0.2, -0.15) is 5.10 Å². The molecule has 5 nitrogen and oxygen atoms in total. The van der Waals surface area contributed by atoms with Crippen molar-refractivity contribution >= 4 is 5.91 Å². The summed E-state index contributed by atoms with van der Waals surface area (Å²) in [6.45, 7) is 3.60. The van der Waals surface area contributed by atoms with E-state index in [9.17, 15) is 4.79 Å². The van der Waals surface area contributed by atoms with Crippen molar-refractivity contribution in [1.29, 1.82) is 0 Å². The summed E-state index contributed by atoms with van der Waals surface area (Å²) in [6, 6.07) is -0.463. The number of nitrogens with zero attached hydrogens (tertiary/aromatic N) is 2. The molecular formula is C13H20N4O. The van der Waals surface area contributed by atoms with Crippen LogP contribution in [0, 0.1) is 0 Å². The van der Waals surface area contributed by atoms with Gasteiger partial charge in [0.05, 0.1) is 18.3 Å². The molecule has 0 radical (unpaired) electrons. The van der Waals surface area contributed by atoms with E-state index in [0.29, 0.717) is 6.42 Å². The van der Waals surface area contributed by atoms with Gasteiger partial charge in [0.1, 0.15) is 0 Å². The van der Waals surface area contributed by atoms with Crippen molar-refractivity contribution in [2.24, 2.45) is 12.8 Å². The molecule has 0 spiro atoms. The zero-order valence-corrected chi connectivity index (χ0v) is 10.7. The number of nitrogens with one attached hydrogen (secondary N) is 1. The number of aryl methyl sites for hydroxylation is 1. The molecule has 5 heteroatoms. The summed E-state index contributed by atoms with van der Waals surface area (Å²) in [6.07, 6.45) is 7.05. The normalized spacial score (nSPS) is 20.0. The van der Waals surface area contributed by atoms with E-state index in [1.54, 1.807) is 6.08 Å². The lowest BCUT2D eigenvalue weighted by Crippen LogP contribution is -2.42. The molecule has 1 amide bonds. The maximum atomic E-state index is 11.9. The highest BCUT2D eigenvalue weighted by Gasteiger charge is 2.25. The third-order valence-corrected chi connectivity index (χ3v) is 3.45. The summed E-state index contributed by atoms with van der Waals surface area (Å²) in [5.74, 6) is -0.114. The fourth-order valence-electron chi connectivity index (χ4n) is 2.42. The van der Waals surface area contributed by atoms with Crippen LogP contribution in [0.2, 0.25) is 0 Å². The van der Waals surface area contributed by atoms with E-state index < -0.39 is 6.04 Å². The predicted octanol–water partition coefficient (Wildman–Crippen LogP) is 0.817. The first-order chi connectivity index (χ1) is 8.63. The smallest absolute Gasteiger partial charge is 0.237 e. The third kappa shape index (κ3) is 2.46. The summed E-state index contributed by atoms with van der Waals surface area (Å²) in [5.41, 5.74) is 8.11. The summed E-state index contributed by atoms with van der Waals surface area (Å²) in [4.78, 5) is 11.9. The Morgan fingerprint density at radius 3 is 3.33 bits per heavy atom. The van der Waals surface area contributed by atoms with E-state index in [1.807, 2.05) is 17.9 Å². The molecule has 0 saturated carbocycles. The minimum Gasteiger partial charge on any atom is -0.348 e. The summed E-state index contributed by atoms with van der Waals surface area (Å²) in [7, 11) is 1.94.